The summed E-state index contributed by atoms with van der Waals surface area (Å²) < 4.78 is 6.80. The number of hydrogen-bond donors (Lipinski definition) is 2. The highest BCUT2D eigenvalue weighted by atomic mass is 16.9. The minimum Gasteiger partial charge on any atom is -0.388 e. The Kier molecular flexibility index (Phi) is 8.44. The first-order chi connectivity index (χ1) is 13.5. The number of carbonyl (C=O) groups excluding carboxylic acids is 2. The maximum Gasteiger partial charge on any atom is 0.412 e. The molecule has 10 heteroatoms. The zero-order valence-corrected chi connectivity index (χ0v) is 16.0. The molecule has 28 heavy (non-hydrogen) atoms. The Hall–Kier alpha value is -2.91. The molecule has 0 saturated heterocycles. The van der Waals surface area contributed by atoms with Crippen molar-refractivity contribution in [2.24, 2.45) is 5.92 Å². The van der Waals surface area contributed by atoms with E-state index in [1.165, 1.54) is 25.5 Å². The first kappa shape index (κ1) is 21.4. The number of pyridine rings is 1. The van der Waals surface area contributed by atoms with E-state index in [2.05, 4.69) is 15.5 Å². The summed E-state index contributed by atoms with van der Waals surface area (Å²) in [4.78, 5) is 38.2. The molecular weight excluding hydrogens is 368 g/mol. The lowest BCUT2D eigenvalue weighted by Crippen LogP contribution is -2.43. The Balaban J connectivity index is 1.76. The fraction of sp³-hybridized carbons (Fsp3) is 0.611. The van der Waals surface area contributed by atoms with Crippen LogP contribution in [0.3, 0.4) is 0 Å². The van der Waals surface area contributed by atoms with Gasteiger partial charge in [-0.3, -0.25) is 4.79 Å². The Bertz CT molecular complexity index is 678. The summed E-state index contributed by atoms with van der Waals surface area (Å²) in [6, 6.07) is 3.30. The van der Waals surface area contributed by atoms with E-state index in [0.29, 0.717) is 11.5 Å². The molecule has 2 rings (SSSR count). The molecule has 1 aromatic rings. The van der Waals surface area contributed by atoms with Gasteiger partial charge in [0.05, 0.1) is 0 Å². The molecule has 0 unspecified atom stereocenters. The fourth-order valence-corrected chi connectivity index (χ4v) is 3.24. The first-order valence-electron chi connectivity index (χ1n) is 9.43. The van der Waals surface area contributed by atoms with Gasteiger partial charge >= 0.3 is 6.09 Å². The molecule has 1 saturated carbocycles. The van der Waals surface area contributed by atoms with Gasteiger partial charge in [-0.05, 0) is 31.7 Å². The van der Waals surface area contributed by atoms with Crippen molar-refractivity contribution in [3.8, 4) is 0 Å². The second kappa shape index (κ2) is 11.1. The van der Waals surface area contributed by atoms with Crippen LogP contribution >= 0.6 is 0 Å². The minimum atomic E-state index is -0.917. The van der Waals surface area contributed by atoms with Gasteiger partial charge in [0.2, 0.25) is 0 Å². The smallest absolute Gasteiger partial charge is 0.388 e. The second-order valence-electron chi connectivity index (χ2n) is 6.81. The molecule has 10 nitrogen and oxygen atoms in total. The van der Waals surface area contributed by atoms with Gasteiger partial charge in [0.1, 0.15) is 12.2 Å². The van der Waals surface area contributed by atoms with E-state index in [1.54, 1.807) is 22.9 Å². The number of nitrogens with zero attached hydrogens (tertiary/aromatic N) is 2. The summed E-state index contributed by atoms with van der Waals surface area (Å²) in [6.45, 7) is 1.74. The molecule has 1 aliphatic carbocycles. The van der Waals surface area contributed by atoms with Crippen LogP contribution < -0.4 is 15.2 Å². The Labute approximate surface area is 163 Å². The third kappa shape index (κ3) is 7.37. The van der Waals surface area contributed by atoms with Crippen molar-refractivity contribution in [1.82, 2.24) is 10.6 Å². The Morgan fingerprint density at radius 3 is 2.82 bits per heavy atom. The number of rotatable bonds is 9. The van der Waals surface area contributed by atoms with Gasteiger partial charge in [-0.15, -0.1) is 10.1 Å². The molecule has 0 aromatic carbocycles. The summed E-state index contributed by atoms with van der Waals surface area (Å²) >= 11 is 0. The molecule has 2 amide bonds. The minimum absolute atomic E-state index is 0.00662. The third-order valence-corrected chi connectivity index (χ3v) is 4.75. The number of alkyl carbamates (subject to hydrolysis) is 1. The maximum absolute atomic E-state index is 12.0. The second-order valence-corrected chi connectivity index (χ2v) is 6.81. The summed E-state index contributed by atoms with van der Waals surface area (Å²) in [5.74, 6) is 0.0805. The molecule has 154 valence electrons. The molecule has 2 N–H and O–H groups in total. The van der Waals surface area contributed by atoms with Gasteiger partial charge in [0.25, 0.3) is 17.7 Å². The highest BCUT2D eigenvalue weighted by Crippen LogP contribution is 2.26. The number of aromatic nitrogens is 1. The molecule has 0 spiro atoms. The normalized spacial score (nSPS) is 15.3. The van der Waals surface area contributed by atoms with Gasteiger partial charge in [-0.2, -0.15) is 4.57 Å². The summed E-state index contributed by atoms with van der Waals surface area (Å²) in [5, 5.41) is 14.5. The topological polar surface area (TPSA) is 124 Å². The highest BCUT2D eigenvalue weighted by Gasteiger charge is 2.22. The van der Waals surface area contributed by atoms with Crippen molar-refractivity contribution in [2.45, 2.75) is 51.8 Å². The molecule has 1 fully saturated rings. The van der Waals surface area contributed by atoms with Crippen LogP contribution in [0.15, 0.2) is 24.5 Å². The molecule has 1 aliphatic rings. The van der Waals surface area contributed by atoms with Gasteiger partial charge in [-0.25, -0.2) is 4.79 Å². The SMILES string of the molecule is C[C@H](NC(=O)OC[n+]1cccc(C(=O)NCCO[N+](=O)[O-])c1)C1CCCCC1. The van der Waals surface area contributed by atoms with E-state index in [9.17, 15) is 19.7 Å². The van der Waals surface area contributed by atoms with E-state index >= 15 is 0 Å². The van der Waals surface area contributed by atoms with Crippen molar-refractivity contribution in [3.63, 3.8) is 0 Å². The number of hydrogen-bond acceptors (Lipinski definition) is 6. The van der Waals surface area contributed by atoms with Crippen molar-refractivity contribution >= 4 is 12.0 Å². The average molecular weight is 395 g/mol. The predicted molar refractivity (Wildman–Crippen MR) is 97.6 cm³/mol. The van der Waals surface area contributed by atoms with E-state index in [0.717, 1.165) is 12.8 Å². The van der Waals surface area contributed by atoms with Crippen LogP contribution in [0.4, 0.5) is 4.79 Å². The van der Waals surface area contributed by atoms with Gasteiger partial charge in [0.15, 0.2) is 12.4 Å². The van der Waals surface area contributed by atoms with Crippen molar-refractivity contribution in [3.05, 3.63) is 40.2 Å². The number of amides is 2. The molecule has 1 heterocycles. The molecule has 1 atom stereocenters. The van der Waals surface area contributed by atoms with Crippen molar-refractivity contribution in [2.75, 3.05) is 13.2 Å². The summed E-state index contributed by atoms with van der Waals surface area (Å²) in [7, 11) is 0. The molecule has 1 aromatic heterocycles. The highest BCUT2D eigenvalue weighted by molar-refractivity contribution is 5.93. The molecular formula is C18H27N4O6+. The zero-order valence-electron chi connectivity index (χ0n) is 16.0. The van der Waals surface area contributed by atoms with Crippen LogP contribution in [0.5, 0.6) is 0 Å². The summed E-state index contributed by atoms with van der Waals surface area (Å²) in [6.07, 6.45) is 8.63. The quantitative estimate of drug-likeness (QED) is 0.283. The number of ether oxygens (including phenoxy) is 1. The van der Waals surface area contributed by atoms with Crippen LogP contribution in [0, 0.1) is 16.0 Å². The maximum atomic E-state index is 12.0. The standard InChI is InChI=1S/C18H26N4O6/c1-14(15-6-3-2-4-7-15)20-18(24)27-13-21-10-5-8-16(12-21)17(23)19-9-11-28-22(25)26/h5,8,10,12,14-15H,2-4,6-7,9,11,13H2,1H3,(H-,19,20,23,24)/p+1/t14-/m0/s1. The lowest BCUT2D eigenvalue weighted by molar-refractivity contribution is -0.757. The van der Waals surface area contributed by atoms with Gasteiger partial charge in [0, 0.05) is 18.7 Å². The van der Waals surface area contributed by atoms with E-state index in [-0.39, 0.29) is 25.9 Å². The molecule has 0 radical (unpaired) electrons. The largest absolute Gasteiger partial charge is 0.412 e. The van der Waals surface area contributed by atoms with E-state index in [1.807, 2.05) is 6.92 Å². The van der Waals surface area contributed by atoms with Crippen LogP contribution in [0.2, 0.25) is 0 Å². The molecule has 0 aliphatic heterocycles. The van der Waals surface area contributed by atoms with Gasteiger partial charge < -0.3 is 20.2 Å². The lowest BCUT2D eigenvalue weighted by atomic mass is 9.85. The van der Waals surface area contributed by atoms with Crippen molar-refractivity contribution in [1.29, 1.82) is 0 Å². The Morgan fingerprint density at radius 1 is 1.36 bits per heavy atom. The average Bonchev–Trinajstić information content (AvgIpc) is 2.70. The van der Waals surface area contributed by atoms with E-state index in [4.69, 9.17) is 4.74 Å². The lowest BCUT2D eigenvalue weighted by Gasteiger charge is -2.27. The fourth-order valence-electron chi connectivity index (χ4n) is 3.24. The van der Waals surface area contributed by atoms with E-state index < -0.39 is 17.1 Å². The zero-order chi connectivity index (χ0) is 20.4. The van der Waals surface area contributed by atoms with Crippen LogP contribution in [-0.2, 0) is 16.3 Å². The first-order valence-corrected chi connectivity index (χ1v) is 9.43. The monoisotopic (exact) mass is 395 g/mol. The van der Waals surface area contributed by atoms with Crippen LogP contribution in [0.1, 0.15) is 49.4 Å². The van der Waals surface area contributed by atoms with Crippen LogP contribution in [-0.4, -0.2) is 36.3 Å². The van der Waals surface area contributed by atoms with Crippen LogP contribution in [0.25, 0.3) is 0 Å². The number of nitrogens with one attached hydrogen (secondary N) is 2. The third-order valence-electron chi connectivity index (χ3n) is 4.75. The Morgan fingerprint density at radius 2 is 2.11 bits per heavy atom. The van der Waals surface area contributed by atoms with Gasteiger partial charge in [-0.1, -0.05) is 19.3 Å². The molecule has 0 bridgehead atoms. The van der Waals surface area contributed by atoms with Crippen molar-refractivity contribution < 1.29 is 28.8 Å². The predicted octanol–water partition coefficient (Wildman–Crippen LogP) is 1.56. The number of carbonyl (C=O) groups is 2. The summed E-state index contributed by atoms with van der Waals surface area (Å²) in [5.41, 5.74) is 0.336.